The number of nitrogens with one attached hydrogen (secondary N) is 1. The second-order valence-electron chi connectivity index (χ2n) is 6.02. The molecule has 2 aliphatic heterocycles. The number of likely N-dealkylation sites (N-methyl/N-ethyl adjacent to an activating group) is 1. The Morgan fingerprint density at radius 3 is 2.92 bits per heavy atom. The summed E-state index contributed by atoms with van der Waals surface area (Å²) in [4.78, 5) is 25.8. The third-order valence-electron chi connectivity index (χ3n) is 4.41. The molecule has 0 saturated heterocycles. The minimum atomic E-state index is -0.573. The van der Waals surface area contributed by atoms with Gasteiger partial charge in [-0.3, -0.25) is 9.59 Å². The fraction of sp³-hybridized carbons (Fsp3) is 0.222. The van der Waals surface area contributed by atoms with Gasteiger partial charge in [0.15, 0.2) is 6.10 Å². The van der Waals surface area contributed by atoms with Gasteiger partial charge in [0, 0.05) is 29.9 Å². The normalized spacial score (nSPS) is 18.2. The number of hydrogen-bond donors (Lipinski definition) is 1. The number of halogens is 1. The molecule has 0 fully saturated rings. The second-order valence-corrected chi connectivity index (χ2v) is 6.46. The number of amides is 2. The lowest BCUT2D eigenvalue weighted by atomic mass is 10.1. The van der Waals surface area contributed by atoms with Crippen LogP contribution in [0.2, 0.25) is 5.02 Å². The van der Waals surface area contributed by atoms with Crippen LogP contribution in [-0.2, 0) is 22.4 Å². The lowest BCUT2D eigenvalue weighted by molar-refractivity contribution is -0.122. The Labute approximate surface area is 144 Å². The molecule has 0 aromatic heterocycles. The fourth-order valence-electron chi connectivity index (χ4n) is 3.13. The fourth-order valence-corrected chi connectivity index (χ4v) is 3.33. The number of ether oxygens (including phenoxy) is 1. The van der Waals surface area contributed by atoms with Crippen molar-refractivity contribution in [3.05, 3.63) is 52.5 Å². The molecule has 2 aliphatic rings. The van der Waals surface area contributed by atoms with Crippen molar-refractivity contribution in [1.29, 1.82) is 0 Å². The first kappa shape index (κ1) is 15.0. The van der Waals surface area contributed by atoms with Crippen LogP contribution in [0.15, 0.2) is 36.4 Å². The Hall–Kier alpha value is -2.53. The molecule has 0 bridgehead atoms. The molecule has 2 amide bonds. The molecule has 122 valence electrons. The largest absolute Gasteiger partial charge is 0.480 e. The highest BCUT2D eigenvalue weighted by molar-refractivity contribution is 6.30. The second kappa shape index (κ2) is 5.53. The zero-order chi connectivity index (χ0) is 16.8. The van der Waals surface area contributed by atoms with Crippen LogP contribution in [0.25, 0.3) is 0 Å². The molecule has 24 heavy (non-hydrogen) atoms. The molecule has 0 spiro atoms. The number of benzene rings is 2. The first-order valence-electron chi connectivity index (χ1n) is 7.67. The molecule has 1 atom stereocenters. The van der Waals surface area contributed by atoms with Crippen molar-refractivity contribution < 1.29 is 14.3 Å². The smallest absolute Gasteiger partial charge is 0.265 e. The van der Waals surface area contributed by atoms with E-state index in [1.807, 2.05) is 18.2 Å². The van der Waals surface area contributed by atoms with E-state index in [-0.39, 0.29) is 11.8 Å². The predicted molar refractivity (Wildman–Crippen MR) is 91.8 cm³/mol. The predicted octanol–water partition coefficient (Wildman–Crippen LogP) is 2.80. The Kier molecular flexibility index (Phi) is 3.46. The third-order valence-corrected chi connectivity index (χ3v) is 4.65. The van der Waals surface area contributed by atoms with Crippen molar-refractivity contribution in [3.8, 4) is 5.75 Å². The van der Waals surface area contributed by atoms with Gasteiger partial charge in [0.1, 0.15) is 5.75 Å². The molecule has 0 unspecified atom stereocenters. The van der Waals surface area contributed by atoms with Gasteiger partial charge < -0.3 is 15.0 Å². The average molecular weight is 343 g/mol. The maximum atomic E-state index is 12.5. The van der Waals surface area contributed by atoms with E-state index in [1.54, 1.807) is 30.1 Å². The summed E-state index contributed by atoms with van der Waals surface area (Å²) in [6.45, 7) is 0. The number of hydrogen-bond acceptors (Lipinski definition) is 3. The molecule has 2 aromatic rings. The summed E-state index contributed by atoms with van der Waals surface area (Å²) in [6, 6.07) is 10.8. The van der Waals surface area contributed by atoms with E-state index in [4.69, 9.17) is 16.3 Å². The van der Waals surface area contributed by atoms with Crippen molar-refractivity contribution in [2.24, 2.45) is 0 Å². The monoisotopic (exact) mass is 342 g/mol. The van der Waals surface area contributed by atoms with Gasteiger partial charge in [0.2, 0.25) is 5.91 Å². The number of anilines is 2. The quantitative estimate of drug-likeness (QED) is 0.913. The Balaban J connectivity index is 1.48. The highest BCUT2D eigenvalue weighted by atomic mass is 35.5. The number of carbonyl (C=O) groups is 2. The van der Waals surface area contributed by atoms with E-state index in [1.165, 1.54) is 0 Å². The van der Waals surface area contributed by atoms with Gasteiger partial charge in [0.25, 0.3) is 5.91 Å². The molecule has 2 heterocycles. The van der Waals surface area contributed by atoms with Crippen molar-refractivity contribution >= 4 is 34.8 Å². The summed E-state index contributed by atoms with van der Waals surface area (Å²) in [5, 5.41) is 3.50. The van der Waals surface area contributed by atoms with Gasteiger partial charge in [-0.05, 0) is 47.5 Å². The topological polar surface area (TPSA) is 58.6 Å². The van der Waals surface area contributed by atoms with Gasteiger partial charge in [0.05, 0.1) is 6.42 Å². The minimum Gasteiger partial charge on any atom is -0.480 e. The van der Waals surface area contributed by atoms with Crippen molar-refractivity contribution in [1.82, 2.24) is 0 Å². The average Bonchev–Trinajstić information content (AvgIpc) is 3.08. The maximum Gasteiger partial charge on any atom is 0.265 e. The number of nitrogens with zero attached hydrogens (tertiary/aromatic N) is 1. The summed E-state index contributed by atoms with van der Waals surface area (Å²) < 4.78 is 5.69. The van der Waals surface area contributed by atoms with E-state index in [2.05, 4.69) is 5.32 Å². The third kappa shape index (κ3) is 2.51. The van der Waals surface area contributed by atoms with Crippen LogP contribution in [-0.4, -0.2) is 25.0 Å². The van der Waals surface area contributed by atoms with Crippen LogP contribution >= 0.6 is 11.6 Å². The standard InChI is InChI=1S/C18H15ClN2O3/c1-21-14-4-3-13(7-10(14)9-17(21)22)20-18(23)16-8-11-6-12(19)2-5-15(11)24-16/h2-7,16H,8-9H2,1H3,(H,20,23)/t16-/m0/s1. The Morgan fingerprint density at radius 1 is 1.25 bits per heavy atom. The number of rotatable bonds is 2. The van der Waals surface area contributed by atoms with Crippen LogP contribution in [0.5, 0.6) is 5.75 Å². The van der Waals surface area contributed by atoms with Gasteiger partial charge in [-0.2, -0.15) is 0 Å². The highest BCUT2D eigenvalue weighted by Gasteiger charge is 2.30. The van der Waals surface area contributed by atoms with E-state index in [9.17, 15) is 9.59 Å². The lowest BCUT2D eigenvalue weighted by Crippen LogP contribution is -2.31. The molecule has 2 aromatic carbocycles. The van der Waals surface area contributed by atoms with E-state index in [0.717, 1.165) is 16.8 Å². The molecule has 0 aliphatic carbocycles. The Morgan fingerprint density at radius 2 is 2.08 bits per heavy atom. The van der Waals surface area contributed by atoms with Gasteiger partial charge in [-0.25, -0.2) is 0 Å². The van der Waals surface area contributed by atoms with Crippen LogP contribution in [0.4, 0.5) is 11.4 Å². The van der Waals surface area contributed by atoms with Crippen molar-refractivity contribution in [3.63, 3.8) is 0 Å². The SMILES string of the molecule is CN1C(=O)Cc2cc(NC(=O)[C@@H]3Cc4cc(Cl)ccc4O3)ccc21. The van der Waals surface area contributed by atoms with Crippen molar-refractivity contribution in [2.75, 3.05) is 17.3 Å². The van der Waals surface area contributed by atoms with Crippen LogP contribution in [0, 0.1) is 0 Å². The van der Waals surface area contributed by atoms with Gasteiger partial charge in [-0.15, -0.1) is 0 Å². The highest BCUT2D eigenvalue weighted by Crippen LogP contribution is 2.33. The molecule has 5 nitrogen and oxygen atoms in total. The number of fused-ring (bicyclic) bond motifs is 2. The lowest BCUT2D eigenvalue weighted by Gasteiger charge is -2.13. The zero-order valence-corrected chi connectivity index (χ0v) is 13.8. The van der Waals surface area contributed by atoms with Gasteiger partial charge >= 0.3 is 0 Å². The molecule has 0 radical (unpaired) electrons. The Bertz CT molecular complexity index is 865. The summed E-state index contributed by atoms with van der Waals surface area (Å²) in [5.41, 5.74) is 3.41. The summed E-state index contributed by atoms with van der Waals surface area (Å²) in [6.07, 6.45) is 0.281. The molecule has 0 saturated carbocycles. The van der Waals surface area contributed by atoms with Crippen LogP contribution in [0.3, 0.4) is 0 Å². The zero-order valence-electron chi connectivity index (χ0n) is 13.0. The summed E-state index contributed by atoms with van der Waals surface area (Å²) in [7, 11) is 1.75. The van der Waals surface area contributed by atoms with Gasteiger partial charge in [-0.1, -0.05) is 11.6 Å². The van der Waals surface area contributed by atoms with E-state index in [0.29, 0.717) is 29.3 Å². The number of carbonyl (C=O) groups excluding carboxylic acids is 2. The molecule has 4 rings (SSSR count). The van der Waals surface area contributed by atoms with E-state index < -0.39 is 6.10 Å². The minimum absolute atomic E-state index is 0.0555. The van der Waals surface area contributed by atoms with Crippen LogP contribution in [0.1, 0.15) is 11.1 Å². The first-order chi connectivity index (χ1) is 11.5. The summed E-state index contributed by atoms with van der Waals surface area (Å²) in [5.74, 6) is 0.542. The molecule has 1 N–H and O–H groups in total. The summed E-state index contributed by atoms with van der Waals surface area (Å²) >= 11 is 5.97. The van der Waals surface area contributed by atoms with Crippen molar-refractivity contribution in [2.45, 2.75) is 18.9 Å². The maximum absolute atomic E-state index is 12.5. The van der Waals surface area contributed by atoms with E-state index >= 15 is 0 Å². The molecule has 6 heteroatoms. The first-order valence-corrected chi connectivity index (χ1v) is 8.04. The molecular formula is C18H15ClN2O3. The molecular weight excluding hydrogens is 328 g/mol. The van der Waals surface area contributed by atoms with Crippen LogP contribution < -0.4 is 15.0 Å².